The second-order valence-electron chi connectivity index (χ2n) is 7.50. The van der Waals surface area contributed by atoms with E-state index >= 15 is 0 Å². The molecule has 2 nitrogen and oxygen atoms in total. The summed E-state index contributed by atoms with van der Waals surface area (Å²) < 4.78 is 0. The molecule has 4 aromatic rings. The van der Waals surface area contributed by atoms with Crippen molar-refractivity contribution in [3.63, 3.8) is 0 Å². The summed E-state index contributed by atoms with van der Waals surface area (Å²) in [6.45, 7) is 1.01. The fourth-order valence-electron chi connectivity index (χ4n) is 3.23. The number of hydrogen-bond donors (Lipinski definition) is 1. The predicted octanol–water partition coefficient (Wildman–Crippen LogP) is 0.503. The largest absolute Gasteiger partial charge is 2.00 e. The molecule has 0 heterocycles. The molecule has 0 aliphatic heterocycles. The minimum atomic E-state index is 0. The number of nitrogens with zero attached hydrogens (tertiary/aromatic N) is 1. The summed E-state index contributed by atoms with van der Waals surface area (Å²) in [5, 5.41) is 9.45. The van der Waals surface area contributed by atoms with Crippen molar-refractivity contribution < 1.29 is 51.6 Å². The van der Waals surface area contributed by atoms with Crippen LogP contribution in [0.1, 0.15) is 12.0 Å². The fourth-order valence-corrected chi connectivity index (χ4v) is 3.23. The molecule has 5 heteroatoms. The average molecular weight is 553 g/mol. The Morgan fingerprint density at radius 3 is 1.78 bits per heavy atom. The summed E-state index contributed by atoms with van der Waals surface area (Å²) in [7, 11) is 5.21. The summed E-state index contributed by atoms with van der Waals surface area (Å²) >= 11 is 0. The second-order valence-corrected chi connectivity index (χ2v) is 7.50. The quantitative estimate of drug-likeness (QED) is 0.296. The standard InChI is InChI=1S/C18H18N.2C6H5.CH4O.2ClH.Ti/c1-19(2)13-14-7-8-17(11-14)18-10-9-15-5-3-4-6-16(15)12-18;2*1-2-4-6-5-3-1;1-2;;;/h3-7,9-11H,8,13H2,1-2H3;2*1-5H;2H,1H3;2*1H;/q3*-1;;;;+2/p-2. The number of likely N-dealkylation sites (N-methyl/N-ethyl adjacent to an activating group) is 1. The van der Waals surface area contributed by atoms with E-state index in [1.807, 2.05) is 60.7 Å². The van der Waals surface area contributed by atoms with Gasteiger partial charge in [0.15, 0.2) is 0 Å². The number of aliphatic hydroxyl groups is 1. The zero-order chi connectivity index (χ0) is 23.7. The zero-order valence-corrected chi connectivity index (χ0v) is 24.0. The normalized spacial score (nSPS) is 10.7. The van der Waals surface area contributed by atoms with Crippen molar-refractivity contribution in [2.75, 3.05) is 27.7 Å². The van der Waals surface area contributed by atoms with Gasteiger partial charge in [-0.05, 0) is 26.1 Å². The molecule has 4 aromatic carbocycles. The molecule has 0 radical (unpaired) electrons. The first-order chi connectivity index (χ1) is 16.2. The molecule has 0 unspecified atom stereocenters. The van der Waals surface area contributed by atoms with Gasteiger partial charge in [-0.15, -0.1) is 40.8 Å². The monoisotopic (exact) mass is 552 g/mol. The molecule has 1 aliphatic rings. The number of aliphatic hydroxyl groups excluding tert-OH is 1. The molecule has 1 aliphatic carbocycles. The van der Waals surface area contributed by atoms with Gasteiger partial charge in [-0.25, -0.2) is 0 Å². The van der Waals surface area contributed by atoms with E-state index in [2.05, 4.69) is 85.7 Å². The van der Waals surface area contributed by atoms with E-state index in [-0.39, 0.29) is 46.5 Å². The van der Waals surface area contributed by atoms with Crippen LogP contribution in [-0.2, 0) is 21.7 Å². The van der Waals surface area contributed by atoms with E-state index in [0.29, 0.717) is 0 Å². The molecule has 0 aromatic heterocycles. The van der Waals surface area contributed by atoms with Gasteiger partial charge >= 0.3 is 21.7 Å². The molecule has 0 fully saturated rings. The number of hydrogen-bond acceptors (Lipinski definition) is 2. The van der Waals surface area contributed by atoms with Gasteiger partial charge in [0, 0.05) is 13.7 Å². The van der Waals surface area contributed by atoms with Crippen LogP contribution >= 0.6 is 0 Å². The van der Waals surface area contributed by atoms with Gasteiger partial charge in [0.2, 0.25) is 0 Å². The van der Waals surface area contributed by atoms with Crippen LogP contribution in [-0.4, -0.2) is 37.8 Å². The van der Waals surface area contributed by atoms with E-state index in [1.165, 1.54) is 27.5 Å². The van der Waals surface area contributed by atoms with Crippen LogP contribution in [0, 0.1) is 18.2 Å². The van der Waals surface area contributed by atoms with Crippen molar-refractivity contribution in [1.82, 2.24) is 4.90 Å². The Balaban J connectivity index is 0. The smallest absolute Gasteiger partial charge is 1.00 e. The number of benzene rings is 4. The van der Waals surface area contributed by atoms with Gasteiger partial charge in [-0.2, -0.15) is 72.8 Å². The van der Waals surface area contributed by atoms with Gasteiger partial charge in [-0.1, -0.05) is 35.7 Å². The topological polar surface area (TPSA) is 23.5 Å². The van der Waals surface area contributed by atoms with Crippen LogP contribution in [0.4, 0.5) is 0 Å². The molecule has 0 atom stereocenters. The summed E-state index contributed by atoms with van der Waals surface area (Å²) in [6, 6.07) is 41.3. The summed E-state index contributed by atoms with van der Waals surface area (Å²) in [5.41, 5.74) is 4.01. The van der Waals surface area contributed by atoms with E-state index in [1.54, 1.807) is 0 Å². The van der Waals surface area contributed by atoms with E-state index in [0.717, 1.165) is 20.1 Å². The maximum absolute atomic E-state index is 7.00. The molecule has 36 heavy (non-hydrogen) atoms. The molecule has 0 saturated carbocycles. The van der Waals surface area contributed by atoms with E-state index in [9.17, 15) is 0 Å². The average Bonchev–Trinajstić information content (AvgIpc) is 3.36. The summed E-state index contributed by atoms with van der Waals surface area (Å²) in [4.78, 5) is 2.20. The number of halogens is 2. The van der Waals surface area contributed by atoms with Crippen LogP contribution in [0.15, 0.2) is 115 Å². The Hall–Kier alpha value is -2.17. The van der Waals surface area contributed by atoms with Crippen molar-refractivity contribution in [3.05, 3.63) is 139 Å². The third-order valence-electron chi connectivity index (χ3n) is 4.66. The first kappa shape index (κ1) is 36.0. The van der Waals surface area contributed by atoms with Crippen molar-refractivity contribution in [2.45, 2.75) is 6.42 Å². The van der Waals surface area contributed by atoms with Crippen LogP contribution in [0.2, 0.25) is 0 Å². The summed E-state index contributed by atoms with van der Waals surface area (Å²) in [6.07, 6.45) is 5.65. The predicted molar refractivity (Wildman–Crippen MR) is 141 cm³/mol. The van der Waals surface area contributed by atoms with Crippen LogP contribution in [0.5, 0.6) is 0 Å². The van der Waals surface area contributed by atoms with E-state index in [4.69, 9.17) is 5.11 Å². The van der Waals surface area contributed by atoms with Crippen molar-refractivity contribution >= 4 is 16.3 Å². The Kier molecular flexibility index (Phi) is 22.1. The molecule has 5 rings (SSSR count). The van der Waals surface area contributed by atoms with Crippen LogP contribution in [0.3, 0.4) is 0 Å². The number of allylic oxidation sites excluding steroid dienone is 2. The third kappa shape index (κ3) is 13.8. The molecular weight excluding hydrogens is 521 g/mol. The first-order valence-electron chi connectivity index (χ1n) is 10.9. The molecule has 188 valence electrons. The SMILES string of the molecule is CN(C)CC1=CCC(c2[c-]c3ccccc3cc2)=C1.CO.[Cl-].[Cl-].[Ti+2].[c-]1ccccc1.[c-]1ccccc1. The van der Waals surface area contributed by atoms with Gasteiger partial charge in [0.25, 0.3) is 0 Å². The Morgan fingerprint density at radius 2 is 1.31 bits per heavy atom. The van der Waals surface area contributed by atoms with Crippen molar-refractivity contribution in [3.8, 4) is 0 Å². The number of fused-ring (bicyclic) bond motifs is 1. The molecule has 1 N–H and O–H groups in total. The molecule has 0 saturated heterocycles. The first-order valence-corrected chi connectivity index (χ1v) is 10.9. The van der Waals surface area contributed by atoms with Gasteiger partial charge < -0.3 is 34.8 Å². The van der Waals surface area contributed by atoms with Gasteiger partial charge in [0.1, 0.15) is 0 Å². The zero-order valence-electron chi connectivity index (χ0n) is 21.0. The Labute approximate surface area is 244 Å². The van der Waals surface area contributed by atoms with Gasteiger partial charge in [-0.3, -0.25) is 0 Å². The van der Waals surface area contributed by atoms with Gasteiger partial charge in [0.05, 0.1) is 0 Å². The molecule has 0 bridgehead atoms. The second kappa shape index (κ2) is 22.1. The molecule has 0 amide bonds. The fraction of sp³-hybridized carbons (Fsp3) is 0.161. The van der Waals surface area contributed by atoms with Crippen LogP contribution < -0.4 is 24.8 Å². The Morgan fingerprint density at radius 1 is 0.750 bits per heavy atom. The maximum Gasteiger partial charge on any atom is 2.00 e. The molecule has 0 spiro atoms. The van der Waals surface area contributed by atoms with E-state index < -0.39 is 0 Å². The minimum Gasteiger partial charge on any atom is -1.00 e. The van der Waals surface area contributed by atoms with Crippen molar-refractivity contribution in [1.29, 1.82) is 0 Å². The summed E-state index contributed by atoms with van der Waals surface area (Å²) in [5.74, 6) is 0. The number of rotatable bonds is 3. The van der Waals surface area contributed by atoms with Crippen molar-refractivity contribution in [2.24, 2.45) is 0 Å². The molecular formula is C31H32Cl2NOTi-3. The maximum atomic E-state index is 7.00. The third-order valence-corrected chi connectivity index (χ3v) is 4.66. The minimum absolute atomic E-state index is 0. The van der Waals surface area contributed by atoms with Crippen LogP contribution in [0.25, 0.3) is 16.3 Å². The Bertz CT molecular complexity index is 1030.